The van der Waals surface area contributed by atoms with Crippen molar-refractivity contribution in [3.05, 3.63) is 29.7 Å². The molecule has 0 aliphatic carbocycles. The number of rotatable bonds is 2. The largest absolute Gasteiger partial charge is 0.478 e. The predicted octanol–water partition coefficient (Wildman–Crippen LogP) is 1.31. The number of nitrogens with zero attached hydrogens (tertiary/aromatic N) is 1. The minimum absolute atomic E-state index is 0.0808. The summed E-state index contributed by atoms with van der Waals surface area (Å²) < 4.78 is 9.51. The van der Waals surface area contributed by atoms with Crippen LogP contribution in [0.2, 0.25) is 0 Å². The Hall–Kier alpha value is -2.37. The number of ether oxygens (including phenoxy) is 1. The highest BCUT2D eigenvalue weighted by Crippen LogP contribution is 2.17. The molecule has 2 aromatic rings. The lowest BCUT2D eigenvalue weighted by molar-refractivity contribution is 0.0558. The second-order valence-electron chi connectivity index (χ2n) is 3.00. The molecule has 1 N–H and O–H groups in total. The van der Waals surface area contributed by atoms with Gasteiger partial charge in [-0.15, -0.1) is 0 Å². The first-order valence-corrected chi connectivity index (χ1v) is 4.34. The summed E-state index contributed by atoms with van der Waals surface area (Å²) >= 11 is 0. The summed E-state index contributed by atoms with van der Waals surface area (Å²) in [5, 5.41) is 8.76. The van der Waals surface area contributed by atoms with Gasteiger partial charge in [0.25, 0.3) is 0 Å². The van der Waals surface area contributed by atoms with Gasteiger partial charge in [-0.3, -0.25) is 0 Å². The maximum absolute atomic E-state index is 11.1. The van der Waals surface area contributed by atoms with Crippen molar-refractivity contribution < 1.29 is 23.8 Å². The van der Waals surface area contributed by atoms with Gasteiger partial charge in [0.15, 0.2) is 5.58 Å². The van der Waals surface area contributed by atoms with Crippen molar-refractivity contribution in [3.8, 4) is 0 Å². The third kappa shape index (κ3) is 1.60. The molecule has 0 aliphatic heterocycles. The van der Waals surface area contributed by atoms with Gasteiger partial charge in [-0.1, -0.05) is 0 Å². The van der Waals surface area contributed by atoms with Crippen LogP contribution in [0.1, 0.15) is 21.0 Å². The second kappa shape index (κ2) is 3.65. The Bertz CT molecular complexity index is 572. The predicted molar refractivity (Wildman–Crippen MR) is 52.3 cm³/mol. The fourth-order valence-electron chi connectivity index (χ4n) is 1.24. The molecule has 2 rings (SSSR count). The number of carboxylic acid groups (broad SMARTS) is 1. The van der Waals surface area contributed by atoms with E-state index in [0.717, 1.165) is 0 Å². The molecule has 6 nitrogen and oxygen atoms in total. The van der Waals surface area contributed by atoms with Crippen molar-refractivity contribution in [2.24, 2.45) is 0 Å². The Morgan fingerprint density at radius 2 is 2.19 bits per heavy atom. The maximum Gasteiger partial charge on any atom is 0.394 e. The van der Waals surface area contributed by atoms with Crippen LogP contribution in [-0.4, -0.2) is 29.1 Å². The van der Waals surface area contributed by atoms with Crippen molar-refractivity contribution in [2.75, 3.05) is 7.11 Å². The number of aromatic nitrogens is 1. The smallest absolute Gasteiger partial charge is 0.394 e. The molecule has 82 valence electrons. The molecule has 0 saturated heterocycles. The summed E-state index contributed by atoms with van der Waals surface area (Å²) in [6, 6.07) is 4.14. The lowest BCUT2D eigenvalue weighted by Crippen LogP contribution is -2.00. The summed E-state index contributed by atoms with van der Waals surface area (Å²) in [5.74, 6) is -1.96. The molecule has 0 fully saturated rings. The fourth-order valence-corrected chi connectivity index (χ4v) is 1.24. The van der Waals surface area contributed by atoms with E-state index in [0.29, 0.717) is 11.1 Å². The molecule has 0 radical (unpaired) electrons. The molecule has 1 heterocycles. The number of hydrogen-bond acceptors (Lipinski definition) is 5. The Morgan fingerprint density at radius 1 is 1.44 bits per heavy atom. The normalized spacial score (nSPS) is 10.3. The van der Waals surface area contributed by atoms with Crippen molar-refractivity contribution in [1.29, 1.82) is 0 Å². The number of oxazole rings is 1. The van der Waals surface area contributed by atoms with Crippen LogP contribution in [-0.2, 0) is 4.74 Å². The lowest BCUT2D eigenvalue weighted by Gasteiger charge is -1.91. The highest BCUT2D eigenvalue weighted by molar-refractivity contribution is 5.93. The summed E-state index contributed by atoms with van der Waals surface area (Å²) in [5.41, 5.74) is 0.725. The maximum atomic E-state index is 11.1. The summed E-state index contributed by atoms with van der Waals surface area (Å²) in [7, 11) is 1.21. The molecule has 0 amide bonds. The van der Waals surface area contributed by atoms with Crippen LogP contribution in [0.15, 0.2) is 22.6 Å². The number of carboxylic acids is 1. The summed E-state index contributed by atoms with van der Waals surface area (Å²) in [6.45, 7) is 0. The highest BCUT2D eigenvalue weighted by atomic mass is 16.5. The average molecular weight is 221 g/mol. The van der Waals surface area contributed by atoms with Crippen LogP contribution in [0.4, 0.5) is 0 Å². The lowest BCUT2D eigenvalue weighted by atomic mass is 10.2. The van der Waals surface area contributed by atoms with Gasteiger partial charge in [-0.2, -0.15) is 0 Å². The van der Waals surface area contributed by atoms with E-state index >= 15 is 0 Å². The number of benzene rings is 1. The third-order valence-electron chi connectivity index (χ3n) is 1.99. The van der Waals surface area contributed by atoms with Gasteiger partial charge in [-0.05, 0) is 18.2 Å². The Balaban J connectivity index is 2.54. The molecule has 1 aromatic carbocycles. The third-order valence-corrected chi connectivity index (χ3v) is 1.99. The van der Waals surface area contributed by atoms with Crippen LogP contribution in [0.3, 0.4) is 0 Å². The van der Waals surface area contributed by atoms with Crippen LogP contribution < -0.4 is 0 Å². The minimum atomic E-state index is -1.07. The zero-order chi connectivity index (χ0) is 11.7. The van der Waals surface area contributed by atoms with Crippen molar-refractivity contribution in [3.63, 3.8) is 0 Å². The van der Waals surface area contributed by atoms with E-state index in [4.69, 9.17) is 9.52 Å². The first-order chi connectivity index (χ1) is 7.61. The van der Waals surface area contributed by atoms with E-state index in [1.54, 1.807) is 0 Å². The van der Waals surface area contributed by atoms with Gasteiger partial charge < -0.3 is 14.3 Å². The molecule has 0 atom stereocenters. The number of esters is 1. The van der Waals surface area contributed by atoms with Gasteiger partial charge in [0.1, 0.15) is 5.52 Å². The summed E-state index contributed by atoms with van der Waals surface area (Å²) in [6.07, 6.45) is 0. The molecule has 0 aliphatic rings. The monoisotopic (exact) mass is 221 g/mol. The van der Waals surface area contributed by atoms with Gasteiger partial charge >= 0.3 is 17.8 Å². The van der Waals surface area contributed by atoms with Crippen LogP contribution in [0.5, 0.6) is 0 Å². The Morgan fingerprint density at radius 3 is 2.81 bits per heavy atom. The fraction of sp³-hybridized carbons (Fsp3) is 0.100. The minimum Gasteiger partial charge on any atom is -0.478 e. The zero-order valence-corrected chi connectivity index (χ0v) is 8.26. The molecule has 0 unspecified atom stereocenters. The number of fused-ring (bicyclic) bond motifs is 1. The van der Waals surface area contributed by atoms with E-state index in [1.165, 1.54) is 25.3 Å². The molecule has 6 heteroatoms. The second-order valence-corrected chi connectivity index (χ2v) is 3.00. The highest BCUT2D eigenvalue weighted by Gasteiger charge is 2.15. The van der Waals surface area contributed by atoms with E-state index in [9.17, 15) is 9.59 Å². The first-order valence-electron chi connectivity index (χ1n) is 4.34. The topological polar surface area (TPSA) is 89.6 Å². The molecule has 0 spiro atoms. The zero-order valence-electron chi connectivity index (χ0n) is 8.26. The molecule has 1 aromatic heterocycles. The number of carbonyl (C=O) groups excluding carboxylic acids is 1. The molecule has 0 bridgehead atoms. The van der Waals surface area contributed by atoms with E-state index < -0.39 is 11.9 Å². The number of methoxy groups -OCH3 is 1. The Labute approximate surface area is 89.5 Å². The number of aromatic carboxylic acids is 1. The SMILES string of the molecule is COC(=O)c1nc2cc(C(=O)O)ccc2o1. The average Bonchev–Trinajstić information content (AvgIpc) is 2.70. The van der Waals surface area contributed by atoms with Crippen molar-refractivity contribution >= 4 is 23.0 Å². The molecule has 16 heavy (non-hydrogen) atoms. The Kier molecular flexibility index (Phi) is 2.32. The van der Waals surface area contributed by atoms with Gasteiger partial charge in [0.05, 0.1) is 12.7 Å². The van der Waals surface area contributed by atoms with Gasteiger partial charge in [0.2, 0.25) is 0 Å². The molecular formula is C10H7NO5. The number of carbonyl (C=O) groups is 2. The van der Waals surface area contributed by atoms with Crippen LogP contribution in [0, 0.1) is 0 Å². The first kappa shape index (κ1) is 10.2. The quantitative estimate of drug-likeness (QED) is 0.769. The molecule has 0 saturated carbocycles. The summed E-state index contributed by atoms with van der Waals surface area (Å²) in [4.78, 5) is 25.6. The standard InChI is InChI=1S/C10H7NO5/c1-15-10(14)8-11-6-4-5(9(12)13)2-3-7(6)16-8/h2-4H,1H3,(H,12,13). The number of hydrogen-bond donors (Lipinski definition) is 1. The van der Waals surface area contributed by atoms with E-state index in [2.05, 4.69) is 9.72 Å². The van der Waals surface area contributed by atoms with E-state index in [1.807, 2.05) is 0 Å². The van der Waals surface area contributed by atoms with Crippen molar-refractivity contribution in [2.45, 2.75) is 0 Å². The van der Waals surface area contributed by atoms with E-state index in [-0.39, 0.29) is 11.5 Å². The molecular weight excluding hydrogens is 214 g/mol. The van der Waals surface area contributed by atoms with Crippen LogP contribution in [0.25, 0.3) is 11.1 Å². The van der Waals surface area contributed by atoms with Crippen LogP contribution >= 0.6 is 0 Å². The van der Waals surface area contributed by atoms with Gasteiger partial charge in [-0.25, -0.2) is 14.6 Å². The van der Waals surface area contributed by atoms with Crippen molar-refractivity contribution in [1.82, 2.24) is 4.98 Å². The van der Waals surface area contributed by atoms with Gasteiger partial charge in [0, 0.05) is 0 Å².